The summed E-state index contributed by atoms with van der Waals surface area (Å²) in [6, 6.07) is 3.31. The van der Waals surface area contributed by atoms with Crippen molar-refractivity contribution >= 4 is 0 Å². The number of likely N-dealkylation sites (tertiary alicyclic amines) is 1. The van der Waals surface area contributed by atoms with Gasteiger partial charge in [0.2, 0.25) is 0 Å². The zero-order valence-electron chi connectivity index (χ0n) is 15.6. The maximum absolute atomic E-state index is 10.8. The Hall–Kier alpha value is -0.840. The molecule has 1 atom stereocenters. The number of furan rings is 1. The Balaban J connectivity index is 1.47. The molecule has 0 bridgehead atoms. The van der Waals surface area contributed by atoms with Gasteiger partial charge in [0.15, 0.2) is 0 Å². The van der Waals surface area contributed by atoms with Crippen molar-refractivity contribution in [3.8, 4) is 0 Å². The molecule has 0 spiro atoms. The van der Waals surface area contributed by atoms with Crippen molar-refractivity contribution < 1.29 is 9.52 Å². The molecule has 1 saturated heterocycles. The van der Waals surface area contributed by atoms with Crippen LogP contribution in [0, 0.1) is 13.8 Å². The van der Waals surface area contributed by atoms with Gasteiger partial charge in [-0.2, -0.15) is 0 Å². The lowest BCUT2D eigenvalue weighted by Gasteiger charge is -2.40. The average molecular weight is 335 g/mol. The molecule has 1 aliphatic heterocycles. The van der Waals surface area contributed by atoms with Gasteiger partial charge in [-0.3, -0.25) is 0 Å². The Bertz CT molecular complexity index is 524. The normalized spacial score (nSPS) is 24.2. The highest BCUT2D eigenvalue weighted by molar-refractivity contribution is 5.26. The Morgan fingerprint density at radius 3 is 2.42 bits per heavy atom. The van der Waals surface area contributed by atoms with Crippen molar-refractivity contribution in [2.75, 3.05) is 19.6 Å². The number of aliphatic hydroxyl groups is 1. The number of piperidine rings is 1. The number of nitrogens with one attached hydrogen (secondary N) is 1. The van der Waals surface area contributed by atoms with Crippen LogP contribution in [0.5, 0.6) is 0 Å². The predicted octanol–water partition coefficient (Wildman–Crippen LogP) is 3.49. The van der Waals surface area contributed by atoms with Crippen molar-refractivity contribution in [2.24, 2.45) is 0 Å². The minimum Gasteiger partial charge on any atom is -0.466 e. The van der Waals surface area contributed by atoms with E-state index in [0.29, 0.717) is 12.6 Å². The third-order valence-corrected chi connectivity index (χ3v) is 5.98. The second kappa shape index (κ2) is 7.59. The first-order valence-electron chi connectivity index (χ1n) is 9.73. The molecule has 0 radical (unpaired) electrons. The maximum Gasteiger partial charge on any atom is 0.107 e. The highest BCUT2D eigenvalue weighted by atomic mass is 16.3. The van der Waals surface area contributed by atoms with Gasteiger partial charge in [-0.15, -0.1) is 0 Å². The van der Waals surface area contributed by atoms with Crippen LogP contribution in [0.4, 0.5) is 0 Å². The van der Waals surface area contributed by atoms with Crippen molar-refractivity contribution in [1.29, 1.82) is 0 Å². The Morgan fingerprint density at radius 2 is 1.83 bits per heavy atom. The predicted molar refractivity (Wildman–Crippen MR) is 97.2 cm³/mol. The molecule has 0 amide bonds. The van der Waals surface area contributed by atoms with E-state index >= 15 is 0 Å². The first-order valence-corrected chi connectivity index (χ1v) is 9.73. The van der Waals surface area contributed by atoms with Gasteiger partial charge in [0.1, 0.15) is 17.1 Å². The van der Waals surface area contributed by atoms with Crippen LogP contribution in [-0.2, 0) is 5.60 Å². The molecule has 1 aromatic rings. The standard InChI is InChI=1S/C20H34N2O2/c1-15-13-19(16(2)24-15)20(3,23)14-21-17-9-11-22(12-10-17)18-7-5-4-6-8-18/h13,17-18,21,23H,4-12,14H2,1-3H3. The van der Waals surface area contributed by atoms with Crippen LogP contribution in [-0.4, -0.2) is 41.7 Å². The molecule has 1 aromatic heterocycles. The minimum atomic E-state index is -0.873. The first kappa shape index (κ1) is 18.0. The number of rotatable bonds is 5. The van der Waals surface area contributed by atoms with E-state index in [4.69, 9.17) is 4.42 Å². The third-order valence-electron chi connectivity index (χ3n) is 5.98. The molecule has 1 aliphatic carbocycles. The number of hydrogen-bond donors (Lipinski definition) is 2. The Labute approximate surface area is 146 Å². The maximum atomic E-state index is 10.8. The molecule has 0 aromatic carbocycles. The van der Waals surface area contributed by atoms with Gasteiger partial charge in [0.25, 0.3) is 0 Å². The molecule has 4 nitrogen and oxygen atoms in total. The lowest BCUT2D eigenvalue weighted by molar-refractivity contribution is 0.0459. The largest absolute Gasteiger partial charge is 0.466 e. The van der Waals surface area contributed by atoms with Crippen LogP contribution in [0.25, 0.3) is 0 Å². The summed E-state index contributed by atoms with van der Waals surface area (Å²) in [7, 11) is 0. The van der Waals surface area contributed by atoms with E-state index in [1.165, 1.54) is 58.0 Å². The van der Waals surface area contributed by atoms with Crippen LogP contribution in [0.1, 0.15) is 69.0 Å². The molecule has 3 rings (SSSR count). The number of nitrogens with zero attached hydrogens (tertiary/aromatic N) is 1. The average Bonchev–Trinajstić information content (AvgIpc) is 2.94. The zero-order chi connectivity index (χ0) is 17.2. The van der Waals surface area contributed by atoms with E-state index in [-0.39, 0.29) is 0 Å². The summed E-state index contributed by atoms with van der Waals surface area (Å²) in [6.45, 7) is 8.73. The van der Waals surface area contributed by atoms with E-state index in [9.17, 15) is 5.11 Å². The molecule has 2 fully saturated rings. The van der Waals surface area contributed by atoms with Crippen molar-refractivity contribution in [1.82, 2.24) is 10.2 Å². The van der Waals surface area contributed by atoms with Gasteiger partial charge >= 0.3 is 0 Å². The second-order valence-electron chi connectivity index (χ2n) is 8.08. The quantitative estimate of drug-likeness (QED) is 0.865. The molecule has 24 heavy (non-hydrogen) atoms. The van der Waals surface area contributed by atoms with E-state index in [1.54, 1.807) is 0 Å². The summed E-state index contributed by atoms with van der Waals surface area (Å²) in [6.07, 6.45) is 9.42. The monoisotopic (exact) mass is 334 g/mol. The molecular weight excluding hydrogens is 300 g/mol. The minimum absolute atomic E-state index is 0.518. The molecule has 2 aliphatic rings. The van der Waals surface area contributed by atoms with Crippen LogP contribution in [0.3, 0.4) is 0 Å². The van der Waals surface area contributed by atoms with Gasteiger partial charge in [-0.1, -0.05) is 19.3 Å². The van der Waals surface area contributed by atoms with Gasteiger partial charge in [0.05, 0.1) is 0 Å². The molecule has 2 N–H and O–H groups in total. The number of hydrogen-bond acceptors (Lipinski definition) is 4. The highest BCUT2D eigenvalue weighted by Crippen LogP contribution is 2.28. The van der Waals surface area contributed by atoms with E-state index < -0.39 is 5.60 Å². The van der Waals surface area contributed by atoms with E-state index in [2.05, 4.69) is 10.2 Å². The van der Waals surface area contributed by atoms with Crippen LogP contribution in [0.15, 0.2) is 10.5 Å². The van der Waals surface area contributed by atoms with Crippen LogP contribution >= 0.6 is 0 Å². The lowest BCUT2D eigenvalue weighted by Crippen LogP contribution is -2.49. The van der Waals surface area contributed by atoms with Gasteiger partial charge in [-0.25, -0.2) is 0 Å². The molecule has 136 valence electrons. The van der Waals surface area contributed by atoms with Crippen LogP contribution < -0.4 is 5.32 Å². The number of aryl methyl sites for hydroxylation is 2. The van der Waals surface area contributed by atoms with Crippen molar-refractivity contribution in [3.63, 3.8) is 0 Å². The van der Waals surface area contributed by atoms with Crippen molar-refractivity contribution in [2.45, 2.75) is 83.4 Å². The van der Waals surface area contributed by atoms with E-state index in [0.717, 1.165) is 23.1 Å². The summed E-state index contributed by atoms with van der Waals surface area (Å²) in [5.41, 5.74) is 0.0367. The van der Waals surface area contributed by atoms with Gasteiger partial charge < -0.3 is 19.7 Å². The third kappa shape index (κ3) is 4.22. The summed E-state index contributed by atoms with van der Waals surface area (Å²) in [4.78, 5) is 2.71. The highest BCUT2D eigenvalue weighted by Gasteiger charge is 2.30. The Morgan fingerprint density at radius 1 is 1.17 bits per heavy atom. The SMILES string of the molecule is Cc1cc(C(C)(O)CNC2CCN(C3CCCCC3)CC2)c(C)o1. The van der Waals surface area contributed by atoms with Crippen LogP contribution in [0.2, 0.25) is 0 Å². The fraction of sp³-hybridized carbons (Fsp3) is 0.800. The van der Waals surface area contributed by atoms with Gasteiger partial charge in [-0.05, 0) is 65.6 Å². The molecule has 1 saturated carbocycles. The first-order chi connectivity index (χ1) is 11.5. The molecule has 4 heteroatoms. The smallest absolute Gasteiger partial charge is 0.107 e. The van der Waals surface area contributed by atoms with Gasteiger partial charge in [0, 0.05) is 24.2 Å². The molecule has 1 unspecified atom stereocenters. The fourth-order valence-corrected chi connectivity index (χ4v) is 4.52. The van der Waals surface area contributed by atoms with E-state index in [1.807, 2.05) is 26.8 Å². The Kier molecular flexibility index (Phi) is 5.68. The summed E-state index contributed by atoms with van der Waals surface area (Å²) in [5.74, 6) is 1.69. The molecule has 2 heterocycles. The summed E-state index contributed by atoms with van der Waals surface area (Å²) >= 11 is 0. The topological polar surface area (TPSA) is 48.6 Å². The summed E-state index contributed by atoms with van der Waals surface area (Å²) < 4.78 is 5.58. The lowest BCUT2D eigenvalue weighted by atomic mass is 9.91. The fourth-order valence-electron chi connectivity index (χ4n) is 4.52. The van der Waals surface area contributed by atoms with Crippen molar-refractivity contribution in [3.05, 3.63) is 23.2 Å². The summed E-state index contributed by atoms with van der Waals surface area (Å²) in [5, 5.41) is 14.4. The molecular formula is C20H34N2O2. The zero-order valence-corrected chi connectivity index (χ0v) is 15.6. The second-order valence-corrected chi connectivity index (χ2v) is 8.08.